The summed E-state index contributed by atoms with van der Waals surface area (Å²) in [6, 6.07) is 6.14. The molecule has 9 heteroatoms. The van der Waals surface area contributed by atoms with Crippen LogP contribution in [0.2, 0.25) is 0 Å². The Bertz CT molecular complexity index is 1040. The van der Waals surface area contributed by atoms with E-state index in [1.54, 1.807) is 6.07 Å². The number of alkyl halides is 3. The van der Waals surface area contributed by atoms with Crippen LogP contribution in [0.15, 0.2) is 36.5 Å². The number of rotatable bonds is 2. The van der Waals surface area contributed by atoms with E-state index >= 15 is 0 Å². The van der Waals surface area contributed by atoms with Crippen LogP contribution in [-0.4, -0.2) is 27.4 Å². The zero-order valence-corrected chi connectivity index (χ0v) is 13.7. The fourth-order valence-electron chi connectivity index (χ4n) is 3.07. The summed E-state index contributed by atoms with van der Waals surface area (Å²) >= 11 is 0. The number of hydrogen-bond acceptors (Lipinski definition) is 3. The molecule has 0 aliphatic carbocycles. The molecule has 1 aliphatic rings. The Balaban J connectivity index is 1.82. The fourth-order valence-corrected chi connectivity index (χ4v) is 3.07. The zero-order valence-electron chi connectivity index (χ0n) is 13.7. The molecule has 1 aromatic carbocycles. The van der Waals surface area contributed by atoms with Gasteiger partial charge in [-0.25, -0.2) is 14.4 Å². The third-order valence-corrected chi connectivity index (χ3v) is 4.27. The van der Waals surface area contributed by atoms with E-state index in [1.165, 1.54) is 18.3 Å². The standard InChI is InChI=1S/C18H12F4N4O/c19-11-3-1-2-9(15(11)18(20,21)22)16-23-6-5-13(26-16)14-8-10-12(25-14)4-7-24-17(10)27/h1-3,5-6,8,25H,4,7H2,(H,24,27). The molecule has 3 aromatic rings. The molecule has 1 amide bonds. The van der Waals surface area contributed by atoms with Crippen LogP contribution in [0.25, 0.3) is 22.8 Å². The van der Waals surface area contributed by atoms with Crippen LogP contribution in [0.4, 0.5) is 17.6 Å². The monoisotopic (exact) mass is 376 g/mol. The topological polar surface area (TPSA) is 70.7 Å². The molecular weight excluding hydrogens is 364 g/mol. The average molecular weight is 376 g/mol. The summed E-state index contributed by atoms with van der Waals surface area (Å²) in [6.07, 6.45) is -2.98. The highest BCUT2D eigenvalue weighted by Crippen LogP contribution is 2.38. The zero-order chi connectivity index (χ0) is 19.2. The smallest absolute Gasteiger partial charge is 0.356 e. The highest BCUT2D eigenvalue weighted by molar-refractivity contribution is 5.97. The number of hydrogen-bond donors (Lipinski definition) is 2. The van der Waals surface area contributed by atoms with Gasteiger partial charge in [-0.15, -0.1) is 0 Å². The Morgan fingerprint density at radius 1 is 1.11 bits per heavy atom. The van der Waals surface area contributed by atoms with Gasteiger partial charge in [0.25, 0.3) is 5.91 Å². The summed E-state index contributed by atoms with van der Waals surface area (Å²) in [5.41, 5.74) is 0.129. The Hall–Kier alpha value is -3.23. The number of benzene rings is 1. The van der Waals surface area contributed by atoms with Gasteiger partial charge in [-0.2, -0.15) is 13.2 Å². The van der Waals surface area contributed by atoms with Crippen LogP contribution in [0, 0.1) is 5.82 Å². The number of carbonyl (C=O) groups excluding carboxylic acids is 1. The number of nitrogens with zero attached hydrogens (tertiary/aromatic N) is 2. The van der Waals surface area contributed by atoms with Gasteiger partial charge in [-0.3, -0.25) is 4.79 Å². The molecule has 0 spiro atoms. The number of fused-ring (bicyclic) bond motifs is 1. The van der Waals surface area contributed by atoms with Crippen molar-refractivity contribution in [3.63, 3.8) is 0 Å². The Labute approximate surface area is 150 Å². The van der Waals surface area contributed by atoms with Gasteiger partial charge >= 0.3 is 6.18 Å². The van der Waals surface area contributed by atoms with Crippen molar-refractivity contribution in [3.8, 4) is 22.8 Å². The molecule has 27 heavy (non-hydrogen) atoms. The average Bonchev–Trinajstić information content (AvgIpc) is 3.06. The highest BCUT2D eigenvalue weighted by Gasteiger charge is 2.37. The fraction of sp³-hybridized carbons (Fsp3) is 0.167. The highest BCUT2D eigenvalue weighted by atomic mass is 19.4. The molecule has 5 nitrogen and oxygen atoms in total. The minimum Gasteiger partial charge on any atom is -0.356 e. The molecular formula is C18H12F4N4O. The Morgan fingerprint density at radius 2 is 1.93 bits per heavy atom. The van der Waals surface area contributed by atoms with Crippen molar-refractivity contribution in [3.05, 3.63) is 59.2 Å². The number of halogens is 4. The van der Waals surface area contributed by atoms with E-state index in [1.807, 2.05) is 0 Å². The second-order valence-corrected chi connectivity index (χ2v) is 6.01. The van der Waals surface area contributed by atoms with Crippen molar-refractivity contribution in [2.75, 3.05) is 6.54 Å². The van der Waals surface area contributed by atoms with E-state index < -0.39 is 23.1 Å². The van der Waals surface area contributed by atoms with Gasteiger partial charge in [-0.1, -0.05) is 12.1 Å². The number of aromatic nitrogens is 3. The van der Waals surface area contributed by atoms with Gasteiger partial charge in [-0.05, 0) is 18.2 Å². The number of nitrogens with one attached hydrogen (secondary N) is 2. The predicted molar refractivity (Wildman–Crippen MR) is 88.3 cm³/mol. The molecule has 138 valence electrons. The van der Waals surface area contributed by atoms with Gasteiger partial charge in [0.15, 0.2) is 5.82 Å². The maximum absolute atomic E-state index is 13.8. The van der Waals surface area contributed by atoms with Gasteiger partial charge in [0.2, 0.25) is 0 Å². The van der Waals surface area contributed by atoms with Crippen molar-refractivity contribution < 1.29 is 22.4 Å². The molecule has 3 heterocycles. The lowest BCUT2D eigenvalue weighted by Gasteiger charge is -2.13. The number of carbonyl (C=O) groups is 1. The molecule has 4 rings (SSSR count). The molecule has 0 unspecified atom stereocenters. The molecule has 0 saturated heterocycles. The Morgan fingerprint density at radius 3 is 2.67 bits per heavy atom. The summed E-state index contributed by atoms with van der Waals surface area (Å²) < 4.78 is 53.6. The van der Waals surface area contributed by atoms with Crippen molar-refractivity contribution in [2.24, 2.45) is 0 Å². The summed E-state index contributed by atoms with van der Waals surface area (Å²) in [4.78, 5) is 23.0. The van der Waals surface area contributed by atoms with Crippen LogP contribution in [0.1, 0.15) is 21.6 Å². The van der Waals surface area contributed by atoms with Gasteiger partial charge < -0.3 is 10.3 Å². The maximum atomic E-state index is 13.8. The first kappa shape index (κ1) is 17.2. The first-order valence-electron chi connectivity index (χ1n) is 8.04. The lowest BCUT2D eigenvalue weighted by Crippen LogP contribution is -2.31. The molecule has 0 bridgehead atoms. The first-order valence-corrected chi connectivity index (χ1v) is 8.04. The van der Waals surface area contributed by atoms with Crippen molar-refractivity contribution in [2.45, 2.75) is 12.6 Å². The lowest BCUT2D eigenvalue weighted by atomic mass is 10.1. The molecule has 2 aromatic heterocycles. The third kappa shape index (κ3) is 3.05. The Kier molecular flexibility index (Phi) is 3.94. The van der Waals surface area contributed by atoms with Crippen LogP contribution in [0.5, 0.6) is 0 Å². The lowest BCUT2D eigenvalue weighted by molar-refractivity contribution is -0.139. The SMILES string of the molecule is O=C1NCCc2[nH]c(-c3ccnc(-c4cccc(F)c4C(F)(F)F)n3)cc21. The van der Waals surface area contributed by atoms with E-state index in [0.29, 0.717) is 29.9 Å². The molecule has 0 saturated carbocycles. The number of aromatic amines is 1. The summed E-state index contributed by atoms with van der Waals surface area (Å²) in [6.45, 7) is 0.499. The second-order valence-electron chi connectivity index (χ2n) is 6.01. The summed E-state index contributed by atoms with van der Waals surface area (Å²) in [5.74, 6) is -1.87. The van der Waals surface area contributed by atoms with Gasteiger partial charge in [0, 0.05) is 30.4 Å². The van der Waals surface area contributed by atoms with E-state index in [4.69, 9.17) is 0 Å². The van der Waals surface area contributed by atoms with E-state index in [2.05, 4.69) is 20.3 Å². The normalized spacial score (nSPS) is 14.0. The van der Waals surface area contributed by atoms with Crippen molar-refractivity contribution in [1.29, 1.82) is 0 Å². The largest absolute Gasteiger partial charge is 0.419 e. The maximum Gasteiger partial charge on any atom is 0.419 e. The van der Waals surface area contributed by atoms with Crippen LogP contribution in [0.3, 0.4) is 0 Å². The van der Waals surface area contributed by atoms with Gasteiger partial charge in [0.05, 0.1) is 17.0 Å². The van der Waals surface area contributed by atoms with Crippen molar-refractivity contribution in [1.82, 2.24) is 20.3 Å². The van der Waals surface area contributed by atoms with E-state index in [0.717, 1.165) is 17.8 Å². The third-order valence-electron chi connectivity index (χ3n) is 4.27. The first-order chi connectivity index (χ1) is 12.8. The number of H-pyrrole nitrogens is 1. The van der Waals surface area contributed by atoms with Crippen LogP contribution < -0.4 is 5.32 Å². The predicted octanol–water partition coefficient (Wildman–Crippen LogP) is 3.58. The molecule has 0 atom stereocenters. The summed E-state index contributed by atoms with van der Waals surface area (Å²) in [7, 11) is 0. The quantitative estimate of drug-likeness (QED) is 0.672. The molecule has 0 radical (unpaired) electrons. The second kappa shape index (κ2) is 6.19. The van der Waals surface area contributed by atoms with E-state index in [-0.39, 0.29) is 11.7 Å². The van der Waals surface area contributed by atoms with Gasteiger partial charge in [0.1, 0.15) is 11.4 Å². The minimum absolute atomic E-state index is 0.225. The van der Waals surface area contributed by atoms with Crippen molar-refractivity contribution >= 4 is 5.91 Å². The molecule has 2 N–H and O–H groups in total. The molecule has 0 fully saturated rings. The number of amides is 1. The summed E-state index contributed by atoms with van der Waals surface area (Å²) in [5, 5.41) is 2.71. The minimum atomic E-state index is -4.89. The van der Waals surface area contributed by atoms with E-state index in [9.17, 15) is 22.4 Å². The van der Waals surface area contributed by atoms with Crippen LogP contribution in [-0.2, 0) is 12.6 Å². The molecule has 1 aliphatic heterocycles. The van der Waals surface area contributed by atoms with Crippen LogP contribution >= 0.6 is 0 Å².